The third kappa shape index (κ3) is 25.3. The summed E-state index contributed by atoms with van der Waals surface area (Å²) in [6.45, 7) is 6.49. The summed E-state index contributed by atoms with van der Waals surface area (Å²) < 4.78 is 19.4. The van der Waals surface area contributed by atoms with Crippen molar-refractivity contribution in [1.29, 1.82) is 0 Å². The molecule has 0 spiro atoms. The standard InChI is InChI=1S/C9H9NO5.C8H6BrNO4.C8H7NO5.C7H4BrNO4.C7H4.CH4.B7/c1-14-6-3-4-7(9(11)15-2)8(5-6)10(12)13;1-14-8(11)6-3-2-5(9)4-7(6)10(12)13;1-14-5-2-3-6(8(10)11)7(4-5)9(12)13;8-4-1-2-5(7(10)11)6(3-4)9(12)13;1-3-5-7-6-4-2;;1-5-7(4)6(2)3/h3-5H,1-2H3;2-4H,1H3;2-4H,1H3,(H,10,11);1-3H,(H,10,11);1-2H2;1H4;. The molecule has 4 aromatic carbocycles. The summed E-state index contributed by atoms with van der Waals surface area (Å²) in [6.07, 6.45) is -0.926. The van der Waals surface area contributed by atoms with Crippen molar-refractivity contribution < 1.29 is 68.0 Å². The average Bonchev–Trinajstić information content (AvgIpc) is 3.33. The van der Waals surface area contributed by atoms with Crippen LogP contribution in [0.2, 0.25) is 0 Å². The minimum Gasteiger partial charge on any atom is -0.497 e. The van der Waals surface area contributed by atoms with Gasteiger partial charge in [0.2, 0.25) is 0 Å². The van der Waals surface area contributed by atoms with Gasteiger partial charge in [0.1, 0.15) is 33.8 Å². The van der Waals surface area contributed by atoms with Gasteiger partial charge in [-0.1, -0.05) is 50.7 Å². The van der Waals surface area contributed by atoms with Gasteiger partial charge in [0.15, 0.2) is 0 Å². The van der Waals surface area contributed by atoms with Crippen molar-refractivity contribution in [2.24, 2.45) is 0 Å². The molecule has 0 amide bonds. The van der Waals surface area contributed by atoms with E-state index in [4.69, 9.17) is 50.6 Å². The van der Waals surface area contributed by atoms with E-state index < -0.39 is 61.3 Å². The van der Waals surface area contributed by atoms with Crippen LogP contribution in [0, 0.1) is 40.5 Å². The number of hydrogen-bond donors (Lipinski definition) is 2. The van der Waals surface area contributed by atoms with E-state index in [1.807, 2.05) is 0 Å². The third-order valence-corrected chi connectivity index (χ3v) is 8.34. The molecule has 9 radical (unpaired) electrons. The van der Waals surface area contributed by atoms with Crippen LogP contribution >= 0.6 is 31.9 Å². The number of carboxylic acid groups (broad SMARTS) is 2. The Morgan fingerprint density at radius 3 is 1.14 bits per heavy atom. The summed E-state index contributed by atoms with van der Waals surface area (Å²) in [6, 6.07) is 15.4. The fourth-order valence-electron chi connectivity index (χ4n) is 4.07. The zero-order valence-corrected chi connectivity index (χ0v) is 40.0. The van der Waals surface area contributed by atoms with Crippen molar-refractivity contribution in [2.75, 3.05) is 28.4 Å². The number of ether oxygens (including phenoxy) is 4. The topological polar surface area (TPSA) is 318 Å². The number of nitro groups is 4. The van der Waals surface area contributed by atoms with Crippen LogP contribution in [0.3, 0.4) is 0 Å². The molecule has 0 aliphatic heterocycles. The SMILES string of the molecule is C.C=C=C=C=C=C=C.COC(=O)c1ccc(Br)cc1[N+](=O)[O-].COC(=O)c1ccc(OC)cc1[N+](=O)[O-].COc1ccc(C(=O)O)c([N+](=O)[O-])c1.O=C(O)c1ccc(Br)cc1[N+](=O)[O-].[B][B]B([B])B([B])[B]. The molecule has 0 bridgehead atoms. The van der Waals surface area contributed by atoms with Crippen molar-refractivity contribution in [3.63, 3.8) is 0 Å². The number of rotatable bonds is 12. The molecule has 0 saturated carbocycles. The first-order chi connectivity index (χ1) is 32.8. The first kappa shape index (κ1) is 67.3. The molecule has 0 aliphatic carbocycles. The Kier molecular flexibility index (Phi) is 34.2. The summed E-state index contributed by atoms with van der Waals surface area (Å²) in [5, 5.41) is 59.3. The Morgan fingerprint density at radius 1 is 0.577 bits per heavy atom. The molecule has 0 aliphatic rings. The maximum absolute atomic E-state index is 11.2. The average molecular weight is 1090 g/mol. The van der Waals surface area contributed by atoms with Gasteiger partial charge in [-0.2, -0.15) is 0 Å². The Bertz CT molecular complexity index is 2720. The molecule has 2 N–H and O–H groups in total. The number of halogens is 2. The maximum atomic E-state index is 11.2. The van der Waals surface area contributed by atoms with E-state index in [-0.39, 0.29) is 53.2 Å². The quantitative estimate of drug-likeness (QED) is 0.0507. The van der Waals surface area contributed by atoms with Crippen LogP contribution in [-0.4, -0.2) is 133 Å². The number of carbonyl (C=O) groups excluding carboxylic acids is 2. The van der Waals surface area contributed by atoms with Crippen molar-refractivity contribution in [3.8, 4) is 11.5 Å². The summed E-state index contributed by atoms with van der Waals surface area (Å²) in [5.74, 6) is -3.54. The smallest absolute Gasteiger partial charge is 0.344 e. The molecule has 31 heteroatoms. The van der Waals surface area contributed by atoms with Gasteiger partial charge in [-0.15, -0.1) is 0 Å². The lowest BCUT2D eigenvalue weighted by Gasteiger charge is -2.05. The zero-order valence-electron chi connectivity index (χ0n) is 36.9. The number of nitrogens with zero attached hydrogens (tertiary/aromatic N) is 4. The van der Waals surface area contributed by atoms with Gasteiger partial charge < -0.3 is 29.2 Å². The summed E-state index contributed by atoms with van der Waals surface area (Å²) in [7, 11) is 26.7. The van der Waals surface area contributed by atoms with Crippen LogP contribution in [0.1, 0.15) is 48.9 Å². The lowest BCUT2D eigenvalue weighted by Crippen LogP contribution is -2.43. The van der Waals surface area contributed by atoms with Crippen LogP contribution in [0.4, 0.5) is 22.7 Å². The molecule has 0 aromatic heterocycles. The maximum Gasteiger partial charge on any atom is 0.344 e. The fraction of sp³-hybridized carbons (Fsp3) is 0.125. The van der Waals surface area contributed by atoms with Crippen LogP contribution < -0.4 is 9.47 Å². The number of aromatic carboxylic acids is 2. The highest BCUT2D eigenvalue weighted by Gasteiger charge is 2.23. The molecule has 0 heterocycles. The van der Waals surface area contributed by atoms with Crippen molar-refractivity contribution in [2.45, 2.75) is 7.43 Å². The van der Waals surface area contributed by atoms with Gasteiger partial charge >= 0.3 is 23.9 Å². The molecule has 0 fully saturated rings. The number of esters is 2. The number of carbonyl (C=O) groups is 4. The minimum absolute atomic E-state index is 0. The molecule has 4 aromatic rings. The van der Waals surface area contributed by atoms with Gasteiger partial charge in [-0.25, -0.2) is 19.2 Å². The van der Waals surface area contributed by atoms with Crippen molar-refractivity contribution >= 4 is 129 Å². The van der Waals surface area contributed by atoms with Gasteiger partial charge in [0, 0.05) is 71.9 Å². The van der Waals surface area contributed by atoms with Crippen LogP contribution in [0.25, 0.3) is 0 Å². The molecule has 22 nitrogen and oxygen atoms in total. The fourth-order valence-corrected chi connectivity index (χ4v) is 4.76. The highest BCUT2D eigenvalue weighted by molar-refractivity contribution is 9.10. The lowest BCUT2D eigenvalue weighted by molar-refractivity contribution is -0.385. The molecular formula is C40H34B7Br2N4O18. The normalized spacial score (nSPS) is 8.59. The van der Waals surface area contributed by atoms with E-state index in [2.05, 4.69) is 83.1 Å². The Hall–Kier alpha value is -7.99. The molecule has 4 rings (SSSR count). The Labute approximate surface area is 429 Å². The van der Waals surface area contributed by atoms with E-state index in [1.54, 1.807) is 6.07 Å². The highest BCUT2D eigenvalue weighted by Crippen LogP contribution is 2.27. The van der Waals surface area contributed by atoms with Gasteiger partial charge in [0.25, 0.3) is 22.7 Å². The monoisotopic (exact) mass is 1090 g/mol. The third-order valence-electron chi connectivity index (χ3n) is 7.36. The van der Waals surface area contributed by atoms with Crippen molar-refractivity contribution in [3.05, 3.63) is 186 Å². The molecule has 0 unspecified atom stereocenters. The Balaban J connectivity index is -0.000000796. The molecular weight excluding hydrogens is 1060 g/mol. The largest absolute Gasteiger partial charge is 0.497 e. The van der Waals surface area contributed by atoms with Gasteiger partial charge in [-0.3, -0.25) is 40.5 Å². The number of nitro benzene ring substituents is 4. The molecule has 71 heavy (non-hydrogen) atoms. The van der Waals surface area contributed by atoms with E-state index >= 15 is 0 Å². The second-order valence-electron chi connectivity index (χ2n) is 11.8. The number of methoxy groups -OCH3 is 4. The van der Waals surface area contributed by atoms with E-state index in [1.165, 1.54) is 76.9 Å². The zero-order chi connectivity index (χ0) is 54.3. The first-order valence-electron chi connectivity index (χ1n) is 18.1. The van der Waals surface area contributed by atoms with Crippen LogP contribution in [0.5, 0.6) is 11.5 Å². The van der Waals surface area contributed by atoms with Crippen molar-refractivity contribution in [1.82, 2.24) is 0 Å². The summed E-state index contributed by atoms with van der Waals surface area (Å²) in [5.41, 5.74) is 9.70. The van der Waals surface area contributed by atoms with E-state index in [9.17, 15) is 59.6 Å². The molecule has 0 atom stereocenters. The van der Waals surface area contributed by atoms with Gasteiger partial charge in [0.05, 0.1) is 60.3 Å². The van der Waals surface area contributed by atoms with Gasteiger partial charge in [-0.05, 0) is 78.9 Å². The predicted octanol–water partition coefficient (Wildman–Crippen LogP) is 6.44. The molecule has 357 valence electrons. The molecule has 0 saturated heterocycles. The van der Waals surface area contributed by atoms with E-state index in [0.29, 0.717) is 14.7 Å². The second kappa shape index (κ2) is 36.1. The van der Waals surface area contributed by atoms with Crippen LogP contribution in [0.15, 0.2) is 124 Å². The predicted molar refractivity (Wildman–Crippen MR) is 273 cm³/mol. The summed E-state index contributed by atoms with van der Waals surface area (Å²) >= 11 is 6.10. The second-order valence-corrected chi connectivity index (χ2v) is 13.6. The lowest BCUT2D eigenvalue weighted by atomic mass is 8.76. The first-order valence-corrected chi connectivity index (χ1v) is 19.7. The van der Waals surface area contributed by atoms with E-state index in [0.717, 1.165) is 25.3 Å². The number of benzene rings is 4. The Morgan fingerprint density at radius 2 is 0.873 bits per heavy atom. The number of carboxylic acids is 2. The minimum atomic E-state index is -1.33. The van der Waals surface area contributed by atoms with Crippen LogP contribution in [-0.2, 0) is 9.47 Å². The highest BCUT2D eigenvalue weighted by atomic mass is 79.9. The number of hydrogen-bond acceptors (Lipinski definition) is 16. The summed E-state index contributed by atoms with van der Waals surface area (Å²) in [4.78, 5) is 82.7.